The van der Waals surface area contributed by atoms with Gasteiger partial charge in [-0.05, 0) is 29.3 Å². The van der Waals surface area contributed by atoms with Crippen molar-refractivity contribution in [2.24, 2.45) is 0 Å². The van der Waals surface area contributed by atoms with E-state index in [0.29, 0.717) is 17.7 Å². The van der Waals surface area contributed by atoms with E-state index >= 15 is 0 Å². The second kappa shape index (κ2) is 6.20. The molecule has 0 unspecified atom stereocenters. The molecule has 3 rings (SSSR count). The largest absolute Gasteiger partial charge is 0.478 e. The first-order chi connectivity index (χ1) is 10.6. The van der Waals surface area contributed by atoms with Gasteiger partial charge in [0.2, 0.25) is 0 Å². The van der Waals surface area contributed by atoms with Crippen molar-refractivity contribution in [3.05, 3.63) is 82.0 Å². The summed E-state index contributed by atoms with van der Waals surface area (Å²) in [5, 5.41) is 9.43. The third-order valence-electron chi connectivity index (χ3n) is 3.49. The van der Waals surface area contributed by atoms with Crippen molar-refractivity contribution >= 4 is 21.9 Å². The van der Waals surface area contributed by atoms with E-state index in [-0.39, 0.29) is 0 Å². The molecule has 1 aromatic heterocycles. The Morgan fingerprint density at radius 2 is 1.82 bits per heavy atom. The first-order valence-corrected chi connectivity index (χ1v) is 7.68. The molecule has 0 radical (unpaired) electrons. The monoisotopic (exact) mass is 355 g/mol. The third-order valence-corrected chi connectivity index (χ3v) is 3.98. The Morgan fingerprint density at radius 3 is 2.50 bits per heavy atom. The fourth-order valence-electron chi connectivity index (χ4n) is 2.44. The van der Waals surface area contributed by atoms with E-state index in [0.717, 1.165) is 21.3 Å². The number of nitrogens with one attached hydrogen (secondary N) is 1. The summed E-state index contributed by atoms with van der Waals surface area (Å²) in [6, 6.07) is 19.3. The number of aromatic amines is 1. The highest BCUT2D eigenvalue weighted by Crippen LogP contribution is 2.26. The summed E-state index contributed by atoms with van der Waals surface area (Å²) < 4.78 is 0.959. The van der Waals surface area contributed by atoms with E-state index < -0.39 is 5.97 Å². The number of carboxylic acid groups (broad SMARTS) is 1. The number of hydrogen-bond acceptors (Lipinski definition) is 1. The number of aromatic nitrogens is 1. The van der Waals surface area contributed by atoms with Crippen LogP contribution in [0.5, 0.6) is 0 Å². The van der Waals surface area contributed by atoms with Crippen LogP contribution in [0, 0.1) is 0 Å². The molecule has 1 heterocycles. The van der Waals surface area contributed by atoms with E-state index in [9.17, 15) is 9.90 Å². The Morgan fingerprint density at radius 1 is 1.05 bits per heavy atom. The summed E-state index contributed by atoms with van der Waals surface area (Å²) in [6.07, 6.45) is 0.566. The molecule has 2 aromatic carbocycles. The number of aromatic carboxylic acids is 1. The summed E-state index contributed by atoms with van der Waals surface area (Å²) in [5.41, 5.74) is 3.88. The van der Waals surface area contributed by atoms with E-state index in [1.807, 2.05) is 54.6 Å². The number of rotatable bonds is 4. The van der Waals surface area contributed by atoms with Crippen molar-refractivity contribution in [1.82, 2.24) is 4.98 Å². The number of hydrogen-bond donors (Lipinski definition) is 2. The third kappa shape index (κ3) is 3.12. The molecule has 2 N–H and O–H groups in total. The van der Waals surface area contributed by atoms with Crippen molar-refractivity contribution in [3.8, 4) is 11.3 Å². The lowest BCUT2D eigenvalue weighted by molar-refractivity contribution is 0.0696. The zero-order valence-corrected chi connectivity index (χ0v) is 13.3. The van der Waals surface area contributed by atoms with E-state index in [2.05, 4.69) is 20.9 Å². The van der Waals surface area contributed by atoms with Crippen LogP contribution in [-0.2, 0) is 6.42 Å². The number of halogens is 1. The molecule has 3 nitrogen and oxygen atoms in total. The summed E-state index contributed by atoms with van der Waals surface area (Å²) in [4.78, 5) is 14.7. The summed E-state index contributed by atoms with van der Waals surface area (Å²) in [6.45, 7) is 0. The Labute approximate surface area is 136 Å². The van der Waals surface area contributed by atoms with Crippen LogP contribution in [0.15, 0.2) is 65.1 Å². The van der Waals surface area contributed by atoms with Gasteiger partial charge in [0.05, 0.1) is 5.56 Å². The second-order valence-corrected chi connectivity index (χ2v) is 5.97. The van der Waals surface area contributed by atoms with E-state index in [1.54, 1.807) is 6.07 Å². The Balaban J connectivity index is 2.01. The molecule has 22 heavy (non-hydrogen) atoms. The average molecular weight is 356 g/mol. The lowest BCUT2D eigenvalue weighted by Gasteiger charge is -2.02. The molecule has 3 aromatic rings. The van der Waals surface area contributed by atoms with Crippen molar-refractivity contribution in [3.63, 3.8) is 0 Å². The predicted octanol–water partition coefficient (Wildman–Crippen LogP) is 4.73. The molecule has 0 amide bonds. The molecular formula is C18H14BrNO2. The van der Waals surface area contributed by atoms with Gasteiger partial charge in [0, 0.05) is 22.3 Å². The van der Waals surface area contributed by atoms with Crippen molar-refractivity contribution < 1.29 is 9.90 Å². The number of H-pyrrole nitrogens is 1. The molecule has 0 aliphatic rings. The highest BCUT2D eigenvalue weighted by Gasteiger charge is 2.15. The maximum atomic E-state index is 11.5. The van der Waals surface area contributed by atoms with Crippen LogP contribution in [-0.4, -0.2) is 16.1 Å². The minimum absolute atomic E-state index is 0.318. The van der Waals surface area contributed by atoms with Gasteiger partial charge in [-0.2, -0.15) is 0 Å². The van der Waals surface area contributed by atoms with Gasteiger partial charge in [-0.1, -0.05) is 58.4 Å². The topological polar surface area (TPSA) is 53.1 Å². The Bertz CT molecular complexity index is 809. The molecule has 0 aliphatic heterocycles. The first-order valence-electron chi connectivity index (χ1n) is 6.88. The average Bonchev–Trinajstić information content (AvgIpc) is 2.92. The molecule has 0 spiro atoms. The van der Waals surface area contributed by atoms with Crippen LogP contribution in [0.3, 0.4) is 0 Å². The molecule has 0 saturated carbocycles. The van der Waals surface area contributed by atoms with Crippen molar-refractivity contribution in [1.29, 1.82) is 0 Å². The minimum Gasteiger partial charge on any atom is -0.478 e. The zero-order chi connectivity index (χ0) is 15.5. The normalized spacial score (nSPS) is 10.6. The summed E-state index contributed by atoms with van der Waals surface area (Å²) >= 11 is 3.44. The van der Waals surface area contributed by atoms with Gasteiger partial charge in [0.15, 0.2) is 0 Å². The Hall–Kier alpha value is -2.33. The van der Waals surface area contributed by atoms with Gasteiger partial charge in [-0.3, -0.25) is 0 Å². The smallest absolute Gasteiger partial charge is 0.337 e. The second-order valence-electron chi connectivity index (χ2n) is 5.05. The van der Waals surface area contributed by atoms with Gasteiger partial charge < -0.3 is 10.1 Å². The molecule has 0 fully saturated rings. The van der Waals surface area contributed by atoms with Gasteiger partial charge in [0.1, 0.15) is 0 Å². The molecule has 4 heteroatoms. The molecule has 0 saturated heterocycles. The lowest BCUT2D eigenvalue weighted by atomic mass is 10.1. The standard InChI is InChI=1S/C18H14BrNO2/c19-14-8-4-7-13(10-14)16-11-15(18(21)22)17(20-16)9-12-5-2-1-3-6-12/h1-8,10-11,20H,9H2,(H,21,22). The van der Waals surface area contributed by atoms with Crippen LogP contribution in [0.4, 0.5) is 0 Å². The van der Waals surface area contributed by atoms with Gasteiger partial charge in [-0.25, -0.2) is 4.79 Å². The minimum atomic E-state index is -0.913. The maximum absolute atomic E-state index is 11.5. The maximum Gasteiger partial charge on any atom is 0.337 e. The van der Waals surface area contributed by atoms with E-state index in [4.69, 9.17) is 0 Å². The molecule has 0 bridgehead atoms. The Kier molecular flexibility index (Phi) is 4.11. The quantitative estimate of drug-likeness (QED) is 0.710. The van der Waals surface area contributed by atoms with Crippen molar-refractivity contribution in [2.45, 2.75) is 6.42 Å². The summed E-state index contributed by atoms with van der Waals surface area (Å²) in [7, 11) is 0. The van der Waals surface area contributed by atoms with Crippen molar-refractivity contribution in [2.75, 3.05) is 0 Å². The number of carbonyl (C=O) groups is 1. The van der Waals surface area contributed by atoms with Gasteiger partial charge >= 0.3 is 5.97 Å². The zero-order valence-electron chi connectivity index (χ0n) is 11.7. The lowest BCUT2D eigenvalue weighted by Crippen LogP contribution is -2.00. The predicted molar refractivity (Wildman–Crippen MR) is 90.1 cm³/mol. The van der Waals surface area contributed by atoms with Crippen LogP contribution in [0.25, 0.3) is 11.3 Å². The molecule has 0 atom stereocenters. The van der Waals surface area contributed by atoms with Gasteiger partial charge in [-0.15, -0.1) is 0 Å². The highest BCUT2D eigenvalue weighted by atomic mass is 79.9. The fraction of sp³-hybridized carbons (Fsp3) is 0.0556. The van der Waals surface area contributed by atoms with Crippen LogP contribution < -0.4 is 0 Å². The molecule has 110 valence electrons. The van der Waals surface area contributed by atoms with Crippen LogP contribution in [0.2, 0.25) is 0 Å². The SMILES string of the molecule is O=C(O)c1cc(-c2cccc(Br)c2)[nH]c1Cc1ccccc1. The van der Waals surface area contributed by atoms with Crippen LogP contribution >= 0.6 is 15.9 Å². The van der Waals surface area contributed by atoms with Gasteiger partial charge in [0.25, 0.3) is 0 Å². The van der Waals surface area contributed by atoms with E-state index in [1.165, 1.54) is 0 Å². The first kappa shape index (κ1) is 14.6. The molecular weight excluding hydrogens is 342 g/mol. The highest BCUT2D eigenvalue weighted by molar-refractivity contribution is 9.10. The van der Waals surface area contributed by atoms with Crippen LogP contribution in [0.1, 0.15) is 21.6 Å². The number of carboxylic acids is 1. The number of benzene rings is 2. The fourth-order valence-corrected chi connectivity index (χ4v) is 2.84. The summed E-state index contributed by atoms with van der Waals surface area (Å²) in [5.74, 6) is -0.913. The molecule has 0 aliphatic carbocycles.